The molecule has 0 spiro atoms. The zero-order chi connectivity index (χ0) is 81.3. The number of hydrogen-bond acceptors (Lipinski definition) is 12. The highest BCUT2D eigenvalue weighted by Crippen LogP contribution is 2.27. The number of pyridine rings is 2. The molecule has 5 fully saturated rings. The van der Waals surface area contributed by atoms with Crippen molar-refractivity contribution in [3.05, 3.63) is 247 Å². The fourth-order valence-corrected chi connectivity index (χ4v) is 9.62. The molecule has 4 aromatic heterocycles. The second kappa shape index (κ2) is 80.2. The third-order valence-corrected chi connectivity index (χ3v) is 17.5. The molecular formula is C104H186F4N6O6. The molecule has 120 heavy (non-hydrogen) atoms. The number of ether oxygens (including phenoxy) is 6. The molecule has 8 aromatic rings. The highest BCUT2D eigenvalue weighted by molar-refractivity contribution is 5.25. The first-order valence-corrected chi connectivity index (χ1v) is 38.8. The number of rotatable bonds is 0. The summed E-state index contributed by atoms with van der Waals surface area (Å²) < 4.78 is 81.8. The molecule has 1 saturated carbocycles. The molecule has 0 radical (unpaired) electrons. The molecule has 4 unspecified atom stereocenters. The predicted molar refractivity (Wildman–Crippen MR) is 520 cm³/mol. The standard InChI is InChI=1S/C8H8F2.2C8H9F.C8H16.C8H10.2C7H9N.2C7H14O.2C6H8N2.2C6H12O2.12CH4/c1-5-3-4-6(2)8(10)7(5)9;2*1-6-3-4-7(2)8(9)5-6;2*1-7-3-5-8(2)6-4-7;4*1-6-3-4-7(2)8-5-6;4*1-5-3-7-6(2)8-4-5;;;;;;;;;;;;/h3-4H,1-2H3;2*3-5H,1-2H3;7-8H,3-6H2,1-2H3;3-6H,1-2H3;2*3-5H,1-2H3;2*6-7H,3-5H2,1-2H3;2*3-4H,1-2H3;2*5-6H,3-4H2,1-2H3;12*1H4. The van der Waals surface area contributed by atoms with Crippen molar-refractivity contribution in [2.75, 3.05) is 39.6 Å². The number of aromatic nitrogens is 6. The largest absolute Gasteiger partial charge is 0.378 e. The van der Waals surface area contributed by atoms with Crippen LogP contribution < -0.4 is 0 Å². The lowest BCUT2D eigenvalue weighted by Gasteiger charge is -2.24. The first-order valence-electron chi connectivity index (χ1n) is 38.8. The molecule has 13 rings (SSSR count). The van der Waals surface area contributed by atoms with Crippen molar-refractivity contribution in [3.63, 3.8) is 0 Å². The number of benzene rings is 4. The van der Waals surface area contributed by atoms with E-state index in [0.29, 0.717) is 46.3 Å². The normalized spacial score (nSPS) is 18.6. The maximum absolute atomic E-state index is 12.6. The third-order valence-electron chi connectivity index (χ3n) is 17.5. The second-order valence-corrected chi connectivity index (χ2v) is 30.3. The van der Waals surface area contributed by atoms with Gasteiger partial charge in [0.2, 0.25) is 0 Å². The van der Waals surface area contributed by atoms with Crippen molar-refractivity contribution in [2.45, 2.75) is 345 Å². The molecule has 0 amide bonds. The Balaban J connectivity index is -0.000000104. The van der Waals surface area contributed by atoms with Crippen LogP contribution >= 0.6 is 0 Å². The molecule has 8 heterocycles. The van der Waals surface area contributed by atoms with E-state index in [9.17, 15) is 17.6 Å². The molecule has 5 aliphatic rings. The van der Waals surface area contributed by atoms with E-state index in [2.05, 4.69) is 136 Å². The van der Waals surface area contributed by atoms with Crippen LogP contribution in [0.4, 0.5) is 17.6 Å². The summed E-state index contributed by atoms with van der Waals surface area (Å²) >= 11 is 0. The van der Waals surface area contributed by atoms with Crippen LogP contribution in [-0.4, -0.2) is 94.3 Å². The van der Waals surface area contributed by atoms with Crippen LogP contribution in [0.5, 0.6) is 0 Å². The van der Waals surface area contributed by atoms with Gasteiger partial charge in [-0.2, -0.15) is 0 Å². The summed E-state index contributed by atoms with van der Waals surface area (Å²) in [5.41, 5.74) is 13.5. The van der Waals surface area contributed by atoms with Crippen LogP contribution in [0.25, 0.3) is 0 Å². The Morgan fingerprint density at radius 2 is 0.458 bits per heavy atom. The Hall–Kier alpha value is -7.18. The van der Waals surface area contributed by atoms with Crippen molar-refractivity contribution in [1.82, 2.24) is 29.9 Å². The average molecular weight is 1690 g/mol. The van der Waals surface area contributed by atoms with Gasteiger partial charge in [0.1, 0.15) is 23.3 Å². The summed E-state index contributed by atoms with van der Waals surface area (Å²) in [6, 6.07) is 30.2. The number of hydrogen-bond donors (Lipinski definition) is 0. The molecule has 4 saturated heterocycles. The van der Waals surface area contributed by atoms with Crippen LogP contribution in [0.2, 0.25) is 0 Å². The third kappa shape index (κ3) is 72.5. The van der Waals surface area contributed by atoms with Crippen LogP contribution in [-0.2, 0) is 28.4 Å². The molecule has 16 heteroatoms. The molecule has 0 N–H and O–H groups in total. The van der Waals surface area contributed by atoms with Crippen LogP contribution in [0, 0.1) is 170 Å². The lowest BCUT2D eigenvalue weighted by molar-refractivity contribution is -0.187. The molecular weight excluding hydrogens is 1510 g/mol. The Labute approximate surface area is 739 Å². The minimum atomic E-state index is -0.736. The van der Waals surface area contributed by atoms with E-state index in [0.717, 1.165) is 109 Å². The first-order chi connectivity index (χ1) is 50.9. The molecule has 4 aromatic carbocycles. The van der Waals surface area contributed by atoms with E-state index in [-0.39, 0.29) is 113 Å². The summed E-state index contributed by atoms with van der Waals surface area (Å²) in [6.07, 6.45) is 23.1. The Morgan fingerprint density at radius 1 is 0.233 bits per heavy atom. The van der Waals surface area contributed by atoms with Gasteiger partial charge >= 0.3 is 0 Å². The van der Waals surface area contributed by atoms with Crippen molar-refractivity contribution in [3.8, 4) is 0 Å². The number of nitrogens with zero attached hydrogens (tertiary/aromatic N) is 6. The fraction of sp³-hybridized carbons (Fsp3) is 0.596. The average Bonchev–Trinajstić information content (AvgIpc) is 0.850. The smallest absolute Gasteiger partial charge is 0.161 e. The Bertz CT molecular complexity index is 2950. The first kappa shape index (κ1) is 139. The summed E-state index contributed by atoms with van der Waals surface area (Å²) in [5, 5.41) is 0. The molecule has 0 bridgehead atoms. The summed E-state index contributed by atoms with van der Waals surface area (Å²) in [6.45, 7) is 57.2. The van der Waals surface area contributed by atoms with Gasteiger partial charge in [-0.05, 0) is 268 Å². The van der Waals surface area contributed by atoms with E-state index in [4.69, 9.17) is 28.4 Å². The van der Waals surface area contributed by atoms with Gasteiger partial charge < -0.3 is 28.4 Å². The molecule has 12 nitrogen and oxygen atoms in total. The lowest BCUT2D eigenvalue weighted by atomic mass is 9.84. The molecule has 1 aliphatic carbocycles. The summed E-state index contributed by atoms with van der Waals surface area (Å²) in [7, 11) is 0. The highest BCUT2D eigenvalue weighted by Gasteiger charge is 2.17. The number of halogens is 4. The van der Waals surface area contributed by atoms with Crippen molar-refractivity contribution >= 4 is 0 Å². The van der Waals surface area contributed by atoms with E-state index >= 15 is 0 Å². The van der Waals surface area contributed by atoms with Gasteiger partial charge in [0, 0.05) is 73.6 Å². The molecule has 696 valence electrons. The predicted octanol–water partition coefficient (Wildman–Crippen LogP) is 31.5. The topological polar surface area (TPSA) is 133 Å². The van der Waals surface area contributed by atoms with E-state index in [1.54, 1.807) is 38.1 Å². The minimum Gasteiger partial charge on any atom is -0.378 e. The van der Waals surface area contributed by atoms with Crippen LogP contribution in [0.1, 0.15) is 300 Å². The van der Waals surface area contributed by atoms with Crippen molar-refractivity contribution in [2.24, 2.45) is 35.5 Å². The maximum Gasteiger partial charge on any atom is 0.161 e. The summed E-state index contributed by atoms with van der Waals surface area (Å²) in [4.78, 5) is 24.0. The Morgan fingerprint density at radius 3 is 0.650 bits per heavy atom. The minimum absolute atomic E-state index is 0. The van der Waals surface area contributed by atoms with E-state index in [1.807, 2.05) is 145 Å². The highest BCUT2D eigenvalue weighted by atomic mass is 19.2. The van der Waals surface area contributed by atoms with Gasteiger partial charge in [0.25, 0.3) is 0 Å². The van der Waals surface area contributed by atoms with Gasteiger partial charge in [-0.3, -0.25) is 9.97 Å². The van der Waals surface area contributed by atoms with Crippen molar-refractivity contribution in [1.29, 1.82) is 0 Å². The van der Waals surface area contributed by atoms with Crippen LogP contribution in [0.15, 0.2) is 134 Å². The zero-order valence-electron chi connectivity index (χ0n) is 71.0. The summed E-state index contributed by atoms with van der Waals surface area (Å²) in [5.74, 6) is 4.74. The van der Waals surface area contributed by atoms with Gasteiger partial charge in [-0.25, -0.2) is 37.5 Å². The van der Waals surface area contributed by atoms with Crippen molar-refractivity contribution < 1.29 is 46.0 Å². The number of aryl methyl sites for hydroxylation is 16. The second-order valence-electron chi connectivity index (χ2n) is 30.3. The van der Waals surface area contributed by atoms with Gasteiger partial charge in [0.05, 0.1) is 38.6 Å². The monoisotopic (exact) mass is 1690 g/mol. The van der Waals surface area contributed by atoms with Gasteiger partial charge in [-0.15, -0.1) is 0 Å². The quantitative estimate of drug-likeness (QED) is 0.134. The van der Waals surface area contributed by atoms with E-state index in [1.165, 1.54) is 99.6 Å². The molecule has 4 aliphatic heterocycles. The Kier molecular flexibility index (Phi) is 92.8. The van der Waals surface area contributed by atoms with Gasteiger partial charge in [0.15, 0.2) is 24.2 Å². The zero-order valence-corrected chi connectivity index (χ0v) is 71.0. The van der Waals surface area contributed by atoms with E-state index < -0.39 is 11.6 Å². The van der Waals surface area contributed by atoms with Crippen LogP contribution in [0.3, 0.4) is 0 Å². The molecule has 4 atom stereocenters. The lowest BCUT2D eigenvalue weighted by Crippen LogP contribution is -2.27. The fourth-order valence-electron chi connectivity index (χ4n) is 9.62. The maximum atomic E-state index is 12.6. The van der Waals surface area contributed by atoms with Gasteiger partial charge in [-0.1, -0.05) is 240 Å². The SMILES string of the molecule is C.C.C.C.C.C.C.C.C.C.C.C.CC1CCC(C)CC1.CC1CCC(C)OC1.CC1CCC(C)OC1.CC1COC(C)OC1.CC1COC(C)OC1.Cc1ccc(C)c(F)c1.Cc1ccc(C)c(F)c1.Cc1ccc(C)c(F)c1F.Cc1ccc(C)cc1.Cc1ccc(C)nc1.Cc1ccc(C)nc1.Cc1cnc(C)nc1.Cc1cnc(C)nc1.